The number of hydrogen-bond donors (Lipinski definition) is 1. The SMILES string of the molecule is COc1cc(C(=O)C2CC(CCOS(C)(=O)=O)(c3cccnc3)CN2)cc(OC)c1OC. The molecule has 1 fully saturated rings. The molecule has 2 heterocycles. The van der Waals surface area contributed by atoms with Gasteiger partial charge in [0.15, 0.2) is 17.3 Å². The summed E-state index contributed by atoms with van der Waals surface area (Å²) in [6, 6.07) is 6.52. The minimum atomic E-state index is -3.56. The lowest BCUT2D eigenvalue weighted by Crippen LogP contribution is -2.31. The monoisotopic (exact) mass is 464 g/mol. The number of aromatic nitrogens is 1. The Labute approximate surface area is 188 Å². The van der Waals surface area contributed by atoms with Gasteiger partial charge in [-0.05, 0) is 36.6 Å². The van der Waals surface area contributed by atoms with Crippen molar-refractivity contribution in [1.29, 1.82) is 0 Å². The molecule has 32 heavy (non-hydrogen) atoms. The zero-order valence-corrected chi connectivity index (χ0v) is 19.4. The van der Waals surface area contributed by atoms with Crippen molar-refractivity contribution in [2.45, 2.75) is 24.3 Å². The molecule has 174 valence electrons. The number of benzene rings is 1. The van der Waals surface area contributed by atoms with Gasteiger partial charge in [-0.2, -0.15) is 8.42 Å². The predicted octanol–water partition coefficient (Wildman–Crippen LogP) is 1.96. The molecule has 9 nitrogen and oxygen atoms in total. The maximum absolute atomic E-state index is 13.4. The average Bonchev–Trinajstić information content (AvgIpc) is 3.22. The lowest BCUT2D eigenvalue weighted by molar-refractivity contribution is 0.0947. The van der Waals surface area contributed by atoms with Gasteiger partial charge in [0.25, 0.3) is 10.1 Å². The van der Waals surface area contributed by atoms with Gasteiger partial charge in [-0.25, -0.2) is 0 Å². The molecule has 1 N–H and O–H groups in total. The summed E-state index contributed by atoms with van der Waals surface area (Å²) in [5.74, 6) is 1.08. The molecule has 0 radical (unpaired) electrons. The summed E-state index contributed by atoms with van der Waals surface area (Å²) in [4.78, 5) is 17.6. The third-order valence-electron chi connectivity index (χ3n) is 5.70. The van der Waals surface area contributed by atoms with E-state index in [9.17, 15) is 13.2 Å². The van der Waals surface area contributed by atoms with Crippen LogP contribution in [0.15, 0.2) is 36.7 Å². The van der Waals surface area contributed by atoms with Crippen LogP contribution in [-0.2, 0) is 19.7 Å². The Hall–Kier alpha value is -2.69. The molecule has 1 aromatic heterocycles. The molecule has 0 saturated carbocycles. The van der Waals surface area contributed by atoms with Crippen LogP contribution in [0.2, 0.25) is 0 Å². The molecule has 1 aromatic carbocycles. The van der Waals surface area contributed by atoms with Crippen molar-refractivity contribution in [2.75, 3.05) is 40.7 Å². The van der Waals surface area contributed by atoms with Gasteiger partial charge in [-0.15, -0.1) is 0 Å². The number of ether oxygens (including phenoxy) is 3. The highest BCUT2D eigenvalue weighted by Gasteiger charge is 2.43. The van der Waals surface area contributed by atoms with E-state index in [1.807, 2.05) is 12.1 Å². The van der Waals surface area contributed by atoms with Crippen molar-refractivity contribution in [3.8, 4) is 17.2 Å². The zero-order valence-electron chi connectivity index (χ0n) is 18.6. The Morgan fingerprint density at radius 3 is 2.41 bits per heavy atom. The Bertz CT molecular complexity index is 1030. The van der Waals surface area contributed by atoms with Gasteiger partial charge in [0.1, 0.15) is 0 Å². The van der Waals surface area contributed by atoms with Crippen LogP contribution in [0, 0.1) is 0 Å². The molecule has 0 spiro atoms. The van der Waals surface area contributed by atoms with Crippen molar-refractivity contribution in [3.05, 3.63) is 47.8 Å². The second-order valence-corrected chi connectivity index (χ2v) is 9.36. The summed E-state index contributed by atoms with van der Waals surface area (Å²) in [5, 5.41) is 3.30. The first-order valence-corrected chi connectivity index (χ1v) is 11.9. The van der Waals surface area contributed by atoms with Crippen molar-refractivity contribution in [3.63, 3.8) is 0 Å². The van der Waals surface area contributed by atoms with Crippen LogP contribution in [0.4, 0.5) is 0 Å². The smallest absolute Gasteiger partial charge is 0.264 e. The van der Waals surface area contributed by atoms with E-state index in [2.05, 4.69) is 10.3 Å². The number of carbonyl (C=O) groups excluding carboxylic acids is 1. The topological polar surface area (TPSA) is 113 Å². The number of nitrogens with one attached hydrogen (secondary N) is 1. The van der Waals surface area contributed by atoms with Gasteiger partial charge in [0, 0.05) is 29.9 Å². The molecule has 2 atom stereocenters. The van der Waals surface area contributed by atoms with Gasteiger partial charge in [0.05, 0.1) is 40.2 Å². The number of nitrogens with zero attached hydrogens (tertiary/aromatic N) is 1. The van der Waals surface area contributed by atoms with Gasteiger partial charge in [-0.1, -0.05) is 6.07 Å². The van der Waals surface area contributed by atoms with Crippen molar-refractivity contribution in [2.24, 2.45) is 0 Å². The van der Waals surface area contributed by atoms with Crippen molar-refractivity contribution in [1.82, 2.24) is 10.3 Å². The Morgan fingerprint density at radius 2 is 1.88 bits per heavy atom. The summed E-state index contributed by atoms with van der Waals surface area (Å²) in [6.45, 7) is 0.493. The van der Waals surface area contributed by atoms with Crippen LogP contribution in [0.5, 0.6) is 17.2 Å². The largest absolute Gasteiger partial charge is 0.493 e. The molecule has 1 saturated heterocycles. The number of Topliss-reactive ketones (excluding diaryl/α,β-unsaturated/α-hetero) is 1. The third kappa shape index (κ3) is 5.20. The Kier molecular flexibility index (Phi) is 7.37. The minimum Gasteiger partial charge on any atom is -0.493 e. The van der Waals surface area contributed by atoms with Crippen molar-refractivity contribution < 1.29 is 31.6 Å². The van der Waals surface area contributed by atoms with Crippen LogP contribution in [-0.4, -0.2) is 66.0 Å². The molecule has 0 bridgehead atoms. The molecular formula is C22H28N2O7S. The summed E-state index contributed by atoms with van der Waals surface area (Å²) in [6.07, 6.45) is 5.31. The molecule has 2 aromatic rings. The van der Waals surface area contributed by atoms with E-state index in [1.165, 1.54) is 21.3 Å². The second kappa shape index (κ2) is 9.85. The fourth-order valence-electron chi connectivity index (χ4n) is 4.08. The van der Waals surface area contributed by atoms with Crippen LogP contribution in [0.3, 0.4) is 0 Å². The Balaban J connectivity index is 1.88. The van der Waals surface area contributed by atoms with Gasteiger partial charge < -0.3 is 19.5 Å². The van der Waals surface area contributed by atoms with Crippen molar-refractivity contribution >= 4 is 15.9 Å². The second-order valence-electron chi connectivity index (χ2n) is 7.71. The number of pyridine rings is 1. The first kappa shape index (κ1) is 24.0. The molecule has 3 rings (SSSR count). The third-order valence-corrected chi connectivity index (χ3v) is 6.29. The molecule has 0 aliphatic carbocycles. The highest BCUT2D eigenvalue weighted by atomic mass is 32.2. The van der Waals surface area contributed by atoms with Crippen LogP contribution < -0.4 is 19.5 Å². The van der Waals surface area contributed by atoms with E-state index in [0.717, 1.165) is 11.8 Å². The summed E-state index contributed by atoms with van der Waals surface area (Å²) in [5.41, 5.74) is 0.844. The first-order chi connectivity index (χ1) is 15.2. The molecule has 1 aliphatic heterocycles. The number of carbonyl (C=O) groups is 1. The number of ketones is 1. The van der Waals surface area contributed by atoms with E-state index >= 15 is 0 Å². The predicted molar refractivity (Wildman–Crippen MR) is 118 cm³/mol. The highest BCUT2D eigenvalue weighted by Crippen LogP contribution is 2.41. The first-order valence-electron chi connectivity index (χ1n) is 10.1. The van der Waals surface area contributed by atoms with E-state index < -0.39 is 21.6 Å². The summed E-state index contributed by atoms with van der Waals surface area (Å²) >= 11 is 0. The minimum absolute atomic E-state index is 0.0144. The molecule has 2 unspecified atom stereocenters. The lowest BCUT2D eigenvalue weighted by atomic mass is 9.76. The maximum Gasteiger partial charge on any atom is 0.264 e. The molecule has 10 heteroatoms. The average molecular weight is 465 g/mol. The number of hydrogen-bond acceptors (Lipinski definition) is 9. The van der Waals surface area contributed by atoms with Gasteiger partial charge in [-0.3, -0.25) is 14.0 Å². The van der Waals surface area contributed by atoms with Crippen LogP contribution >= 0.6 is 0 Å². The van der Waals surface area contributed by atoms with E-state index in [1.54, 1.807) is 24.5 Å². The van der Waals surface area contributed by atoms with E-state index in [-0.39, 0.29) is 12.4 Å². The zero-order chi connectivity index (χ0) is 23.4. The fraction of sp³-hybridized carbons (Fsp3) is 0.455. The summed E-state index contributed by atoms with van der Waals surface area (Å²) in [7, 11) is 0.928. The van der Waals surface area contributed by atoms with Crippen LogP contribution in [0.1, 0.15) is 28.8 Å². The van der Waals surface area contributed by atoms with Crippen LogP contribution in [0.25, 0.3) is 0 Å². The molecule has 0 amide bonds. The number of rotatable bonds is 10. The maximum atomic E-state index is 13.4. The lowest BCUT2D eigenvalue weighted by Gasteiger charge is -2.28. The quantitative estimate of drug-likeness (QED) is 0.416. The fourth-order valence-corrected chi connectivity index (χ4v) is 4.47. The normalized spacial score (nSPS) is 20.7. The van der Waals surface area contributed by atoms with Gasteiger partial charge >= 0.3 is 0 Å². The number of methoxy groups -OCH3 is 3. The highest BCUT2D eigenvalue weighted by molar-refractivity contribution is 7.85. The van der Waals surface area contributed by atoms with Gasteiger partial charge in [0.2, 0.25) is 5.75 Å². The standard InChI is InChI=1S/C22H28N2O7S/c1-28-18-10-15(11-19(29-2)21(18)30-3)20(25)17-12-22(14-24-17,7-9-31-32(4,26)27)16-6-5-8-23-13-16/h5-6,8,10-11,13,17,24H,7,9,12,14H2,1-4H3. The van der Waals surface area contributed by atoms with E-state index in [0.29, 0.717) is 42.2 Å². The Morgan fingerprint density at radius 1 is 1.19 bits per heavy atom. The summed E-state index contributed by atoms with van der Waals surface area (Å²) < 4.78 is 43.9. The molecular weight excluding hydrogens is 436 g/mol. The van der Waals surface area contributed by atoms with E-state index in [4.69, 9.17) is 18.4 Å². The molecule has 1 aliphatic rings.